The van der Waals surface area contributed by atoms with Crippen molar-refractivity contribution in [1.29, 1.82) is 0 Å². The molecule has 2 aromatic rings. The van der Waals surface area contributed by atoms with Gasteiger partial charge in [0.1, 0.15) is 12.1 Å². The van der Waals surface area contributed by atoms with E-state index in [1.807, 2.05) is 31.2 Å². The van der Waals surface area contributed by atoms with Crippen LogP contribution < -0.4 is 10.1 Å². The van der Waals surface area contributed by atoms with Crippen molar-refractivity contribution in [2.24, 2.45) is 0 Å². The third kappa shape index (κ3) is 3.84. The average molecular weight is 292 g/mol. The molecule has 0 saturated carbocycles. The van der Waals surface area contributed by atoms with Gasteiger partial charge < -0.3 is 10.1 Å². The van der Waals surface area contributed by atoms with Gasteiger partial charge in [0, 0.05) is 11.8 Å². The molecule has 1 aromatic heterocycles. The first-order valence-corrected chi connectivity index (χ1v) is 7.09. The third-order valence-corrected chi connectivity index (χ3v) is 2.98. The smallest absolute Gasteiger partial charge is 0.218 e. The zero-order chi connectivity index (χ0) is 14.4. The summed E-state index contributed by atoms with van der Waals surface area (Å²) < 4.78 is 5.49. The van der Waals surface area contributed by atoms with E-state index >= 15 is 0 Å². The SMILES string of the molecule is CCCOc1cc(Nc2ccccc2C(C)Cl)ncn1. The van der Waals surface area contributed by atoms with Crippen LogP contribution >= 0.6 is 11.6 Å². The van der Waals surface area contributed by atoms with Gasteiger partial charge in [-0.1, -0.05) is 25.1 Å². The van der Waals surface area contributed by atoms with Crippen LogP contribution in [0, 0.1) is 0 Å². The maximum Gasteiger partial charge on any atom is 0.218 e. The maximum absolute atomic E-state index is 6.18. The summed E-state index contributed by atoms with van der Waals surface area (Å²) in [5.74, 6) is 1.26. The van der Waals surface area contributed by atoms with Crippen LogP contribution in [-0.2, 0) is 0 Å². The summed E-state index contributed by atoms with van der Waals surface area (Å²) in [6.45, 7) is 4.64. The van der Waals surface area contributed by atoms with E-state index in [0.717, 1.165) is 17.7 Å². The van der Waals surface area contributed by atoms with E-state index in [1.165, 1.54) is 6.33 Å². The van der Waals surface area contributed by atoms with Crippen LogP contribution in [-0.4, -0.2) is 16.6 Å². The zero-order valence-corrected chi connectivity index (χ0v) is 12.4. The second-order valence-electron chi connectivity index (χ2n) is 4.42. The largest absolute Gasteiger partial charge is 0.478 e. The van der Waals surface area contributed by atoms with Crippen LogP contribution in [0.4, 0.5) is 11.5 Å². The zero-order valence-electron chi connectivity index (χ0n) is 11.6. The molecule has 0 aliphatic heterocycles. The predicted molar refractivity (Wildman–Crippen MR) is 81.8 cm³/mol. The first kappa shape index (κ1) is 14.6. The average Bonchev–Trinajstić information content (AvgIpc) is 2.46. The lowest BCUT2D eigenvalue weighted by Crippen LogP contribution is -2.01. The number of halogens is 1. The lowest BCUT2D eigenvalue weighted by Gasteiger charge is -2.13. The van der Waals surface area contributed by atoms with Crippen LogP contribution in [0.1, 0.15) is 31.2 Å². The summed E-state index contributed by atoms with van der Waals surface area (Å²) in [7, 11) is 0. The van der Waals surface area contributed by atoms with Gasteiger partial charge in [-0.3, -0.25) is 0 Å². The van der Waals surface area contributed by atoms with Crippen LogP contribution in [0.25, 0.3) is 0 Å². The number of nitrogens with zero attached hydrogens (tertiary/aromatic N) is 2. The molecule has 0 radical (unpaired) electrons. The molecule has 0 aliphatic carbocycles. The van der Waals surface area contributed by atoms with E-state index in [2.05, 4.69) is 22.2 Å². The fraction of sp³-hybridized carbons (Fsp3) is 0.333. The number of para-hydroxylation sites is 1. The Morgan fingerprint density at radius 1 is 1.30 bits per heavy atom. The van der Waals surface area contributed by atoms with E-state index in [-0.39, 0.29) is 5.38 Å². The number of nitrogens with one attached hydrogen (secondary N) is 1. The highest BCUT2D eigenvalue weighted by Gasteiger charge is 2.08. The molecule has 0 amide bonds. The number of benzene rings is 1. The Balaban J connectivity index is 2.17. The molecule has 4 nitrogen and oxygen atoms in total. The first-order chi connectivity index (χ1) is 9.70. The van der Waals surface area contributed by atoms with Crippen molar-refractivity contribution in [3.63, 3.8) is 0 Å². The number of aromatic nitrogens is 2. The molecule has 1 unspecified atom stereocenters. The van der Waals surface area contributed by atoms with Crippen LogP contribution in [0.5, 0.6) is 5.88 Å². The summed E-state index contributed by atoms with van der Waals surface area (Å²) >= 11 is 6.18. The molecule has 0 saturated heterocycles. The van der Waals surface area contributed by atoms with Crippen molar-refractivity contribution in [1.82, 2.24) is 9.97 Å². The highest BCUT2D eigenvalue weighted by Crippen LogP contribution is 2.29. The van der Waals surface area contributed by atoms with Crippen LogP contribution in [0.3, 0.4) is 0 Å². The van der Waals surface area contributed by atoms with Gasteiger partial charge in [-0.2, -0.15) is 0 Å². The van der Waals surface area contributed by atoms with Gasteiger partial charge in [0.25, 0.3) is 0 Å². The fourth-order valence-electron chi connectivity index (χ4n) is 1.79. The molecule has 1 heterocycles. The minimum absolute atomic E-state index is 0.0728. The number of anilines is 2. The molecule has 2 rings (SSSR count). The second-order valence-corrected chi connectivity index (χ2v) is 5.07. The van der Waals surface area contributed by atoms with Crippen molar-refractivity contribution < 1.29 is 4.74 Å². The van der Waals surface area contributed by atoms with Gasteiger partial charge in [0.05, 0.1) is 12.0 Å². The van der Waals surface area contributed by atoms with Gasteiger partial charge in [0.15, 0.2) is 0 Å². The molecule has 1 atom stereocenters. The minimum atomic E-state index is -0.0728. The summed E-state index contributed by atoms with van der Waals surface area (Å²) in [6, 6.07) is 9.68. The monoisotopic (exact) mass is 291 g/mol. The van der Waals surface area contributed by atoms with Gasteiger partial charge in [-0.05, 0) is 25.0 Å². The van der Waals surface area contributed by atoms with Crippen LogP contribution in [0.15, 0.2) is 36.7 Å². The maximum atomic E-state index is 6.18. The Hall–Kier alpha value is -1.81. The van der Waals surface area contributed by atoms with Gasteiger partial charge in [-0.15, -0.1) is 11.6 Å². The van der Waals surface area contributed by atoms with E-state index < -0.39 is 0 Å². The van der Waals surface area contributed by atoms with Crippen molar-refractivity contribution >= 4 is 23.1 Å². The standard InChI is InChI=1S/C15H18ClN3O/c1-3-8-20-15-9-14(17-10-18-15)19-13-7-5-4-6-12(13)11(2)16/h4-7,9-11H,3,8H2,1-2H3,(H,17,18,19). The molecule has 106 valence electrons. The normalized spacial score (nSPS) is 11.9. The topological polar surface area (TPSA) is 47.0 Å². The molecule has 0 spiro atoms. The molecular weight excluding hydrogens is 274 g/mol. The number of hydrogen-bond donors (Lipinski definition) is 1. The lowest BCUT2D eigenvalue weighted by atomic mass is 10.1. The quantitative estimate of drug-likeness (QED) is 0.806. The van der Waals surface area contributed by atoms with Crippen LogP contribution in [0.2, 0.25) is 0 Å². The Bertz CT molecular complexity index is 560. The molecule has 0 bridgehead atoms. The minimum Gasteiger partial charge on any atom is -0.478 e. The molecule has 1 N–H and O–H groups in total. The summed E-state index contributed by atoms with van der Waals surface area (Å²) in [5, 5.41) is 3.18. The van der Waals surface area contributed by atoms with Crippen molar-refractivity contribution in [2.75, 3.05) is 11.9 Å². The lowest BCUT2D eigenvalue weighted by molar-refractivity contribution is 0.305. The molecular formula is C15H18ClN3O. The summed E-state index contributed by atoms with van der Waals surface area (Å²) in [6.07, 6.45) is 2.43. The predicted octanol–water partition coefficient (Wildman–Crippen LogP) is 4.31. The number of rotatable bonds is 6. The van der Waals surface area contributed by atoms with E-state index in [9.17, 15) is 0 Å². The van der Waals surface area contributed by atoms with E-state index in [0.29, 0.717) is 18.3 Å². The van der Waals surface area contributed by atoms with Gasteiger partial charge in [0.2, 0.25) is 5.88 Å². The number of ether oxygens (including phenoxy) is 1. The van der Waals surface area contributed by atoms with Crippen molar-refractivity contribution in [3.05, 3.63) is 42.2 Å². The van der Waals surface area contributed by atoms with Gasteiger partial charge in [-0.25, -0.2) is 9.97 Å². The molecule has 1 aromatic carbocycles. The summed E-state index contributed by atoms with van der Waals surface area (Å²) in [5.41, 5.74) is 1.97. The Kier molecular flexibility index (Phi) is 5.18. The Morgan fingerprint density at radius 3 is 2.85 bits per heavy atom. The fourth-order valence-corrected chi connectivity index (χ4v) is 1.98. The summed E-state index contributed by atoms with van der Waals surface area (Å²) in [4.78, 5) is 8.27. The molecule has 0 aliphatic rings. The van der Waals surface area contributed by atoms with Crippen molar-refractivity contribution in [2.45, 2.75) is 25.6 Å². The van der Waals surface area contributed by atoms with Gasteiger partial charge >= 0.3 is 0 Å². The van der Waals surface area contributed by atoms with E-state index in [1.54, 1.807) is 6.07 Å². The second kappa shape index (κ2) is 7.10. The highest BCUT2D eigenvalue weighted by molar-refractivity contribution is 6.21. The van der Waals surface area contributed by atoms with Crippen molar-refractivity contribution in [3.8, 4) is 5.88 Å². The number of alkyl halides is 1. The Labute approximate surface area is 124 Å². The first-order valence-electron chi connectivity index (χ1n) is 6.65. The molecule has 0 fully saturated rings. The molecule has 20 heavy (non-hydrogen) atoms. The highest BCUT2D eigenvalue weighted by atomic mass is 35.5. The van der Waals surface area contributed by atoms with E-state index in [4.69, 9.17) is 16.3 Å². The Morgan fingerprint density at radius 2 is 2.10 bits per heavy atom. The molecule has 5 heteroatoms. The third-order valence-electron chi connectivity index (χ3n) is 2.75. The number of hydrogen-bond acceptors (Lipinski definition) is 4.